The molecule has 0 saturated heterocycles. The van der Waals surface area contributed by atoms with Crippen molar-refractivity contribution >= 4 is 11.6 Å². The Balaban J connectivity index is 1.72. The Morgan fingerprint density at radius 1 is 1.00 bits per heavy atom. The van der Waals surface area contributed by atoms with Crippen molar-refractivity contribution in [3.63, 3.8) is 0 Å². The number of phenolic OH excluding ortho intramolecular Hbond substituents is 1. The summed E-state index contributed by atoms with van der Waals surface area (Å²) in [5, 5.41) is 10.7. The number of halogens is 3. The van der Waals surface area contributed by atoms with Crippen LogP contribution < -0.4 is 0 Å². The maximum atomic E-state index is 13.9. The van der Waals surface area contributed by atoms with Gasteiger partial charge >= 0.3 is 0 Å². The monoisotopic (exact) mass is 425 g/mol. The first kappa shape index (κ1) is 19.5. The van der Waals surface area contributed by atoms with Crippen LogP contribution in [0, 0.1) is 11.6 Å². The largest absolute Gasteiger partial charge is 0.506 e. The highest BCUT2D eigenvalue weighted by Gasteiger charge is 2.37. The molecule has 5 rings (SSSR count). The van der Waals surface area contributed by atoms with E-state index in [1.165, 1.54) is 12.1 Å². The van der Waals surface area contributed by atoms with Crippen LogP contribution in [0.2, 0.25) is 5.02 Å². The van der Waals surface area contributed by atoms with Crippen molar-refractivity contribution in [2.24, 2.45) is 0 Å². The number of rotatable bonds is 1. The summed E-state index contributed by atoms with van der Waals surface area (Å²) in [5.74, 6) is -0.988. The molecule has 0 bridgehead atoms. The molecule has 5 heteroatoms. The highest BCUT2D eigenvalue weighted by molar-refractivity contribution is 6.32. The standard InChI is InChI=1S/C25H22ClF2NO/c1-29-8-7-14-11-22(26)24(30)13-21(14)25-20-4-2-3-18(19(20)5-6-23(25)29)15-9-16(27)12-17(28)10-15/h2-4,9-13,23,25,30H,5-8H2,1H3/t23-,25+/m0/s1. The zero-order valence-corrected chi connectivity index (χ0v) is 17.4. The topological polar surface area (TPSA) is 23.5 Å². The zero-order valence-electron chi connectivity index (χ0n) is 16.6. The molecule has 1 aliphatic heterocycles. The Morgan fingerprint density at radius 2 is 1.77 bits per heavy atom. The lowest BCUT2D eigenvalue weighted by molar-refractivity contribution is 0.214. The molecule has 0 spiro atoms. The molecule has 2 atom stereocenters. The lowest BCUT2D eigenvalue weighted by Gasteiger charge is -2.39. The fourth-order valence-corrected chi connectivity index (χ4v) is 5.44. The number of fused-ring (bicyclic) bond motifs is 5. The third-order valence-electron chi connectivity index (χ3n) is 6.64. The Labute approximate surface area is 179 Å². The van der Waals surface area contributed by atoms with E-state index in [0.717, 1.165) is 59.7 Å². The molecular formula is C25H22ClF2NO. The molecule has 1 N–H and O–H groups in total. The van der Waals surface area contributed by atoms with Gasteiger partial charge in [0.25, 0.3) is 0 Å². The van der Waals surface area contributed by atoms with E-state index in [2.05, 4.69) is 18.0 Å². The van der Waals surface area contributed by atoms with E-state index in [1.54, 1.807) is 6.07 Å². The molecule has 154 valence electrons. The van der Waals surface area contributed by atoms with E-state index >= 15 is 0 Å². The van der Waals surface area contributed by atoms with Crippen molar-refractivity contribution in [2.75, 3.05) is 13.6 Å². The SMILES string of the molecule is CN1CCc2cc(Cl)c(O)cc2[C@H]2c3cccc(-c4cc(F)cc(F)c4)c3CC[C@@H]21. The molecule has 3 aromatic rings. The van der Waals surface area contributed by atoms with Crippen molar-refractivity contribution in [3.05, 3.63) is 87.4 Å². The van der Waals surface area contributed by atoms with Gasteiger partial charge in [-0.1, -0.05) is 29.8 Å². The number of phenols is 1. The van der Waals surface area contributed by atoms with E-state index in [0.29, 0.717) is 16.6 Å². The van der Waals surface area contributed by atoms with Crippen LogP contribution in [0.4, 0.5) is 8.78 Å². The first-order chi connectivity index (χ1) is 14.4. The van der Waals surface area contributed by atoms with Crippen LogP contribution in [0.3, 0.4) is 0 Å². The number of hydrogen-bond acceptors (Lipinski definition) is 2. The summed E-state index contributed by atoms with van der Waals surface area (Å²) in [6.45, 7) is 0.916. The lowest BCUT2D eigenvalue weighted by atomic mass is 9.72. The summed E-state index contributed by atoms with van der Waals surface area (Å²) in [7, 11) is 2.14. The quantitative estimate of drug-likeness (QED) is 0.522. The Bertz CT molecular complexity index is 1130. The summed E-state index contributed by atoms with van der Waals surface area (Å²) in [5.41, 5.74) is 5.95. The summed E-state index contributed by atoms with van der Waals surface area (Å²) in [6, 6.07) is 13.7. The van der Waals surface area contributed by atoms with Gasteiger partial charge in [0.2, 0.25) is 0 Å². The van der Waals surface area contributed by atoms with Gasteiger partial charge in [0.1, 0.15) is 17.4 Å². The molecule has 2 aliphatic rings. The predicted molar refractivity (Wildman–Crippen MR) is 115 cm³/mol. The highest BCUT2D eigenvalue weighted by atomic mass is 35.5. The molecule has 0 amide bonds. The summed E-state index contributed by atoms with van der Waals surface area (Å²) >= 11 is 6.21. The fourth-order valence-electron chi connectivity index (χ4n) is 5.26. The maximum Gasteiger partial charge on any atom is 0.134 e. The minimum Gasteiger partial charge on any atom is -0.506 e. The van der Waals surface area contributed by atoms with Gasteiger partial charge in [0.05, 0.1) is 5.02 Å². The maximum absolute atomic E-state index is 13.9. The molecule has 0 unspecified atom stereocenters. The Kier molecular flexibility index (Phi) is 4.79. The molecule has 0 radical (unpaired) electrons. The van der Waals surface area contributed by atoms with Gasteiger partial charge in [-0.3, -0.25) is 0 Å². The zero-order chi connectivity index (χ0) is 21.0. The third kappa shape index (κ3) is 3.19. The van der Waals surface area contributed by atoms with Crippen LogP contribution in [-0.4, -0.2) is 29.6 Å². The number of nitrogens with zero attached hydrogens (tertiary/aromatic N) is 1. The average Bonchev–Trinajstić information content (AvgIpc) is 2.84. The first-order valence-corrected chi connectivity index (χ1v) is 10.6. The molecule has 2 nitrogen and oxygen atoms in total. The van der Waals surface area contributed by atoms with E-state index < -0.39 is 11.6 Å². The van der Waals surface area contributed by atoms with Crippen molar-refractivity contribution in [2.45, 2.75) is 31.2 Å². The molecule has 0 fully saturated rings. The van der Waals surface area contributed by atoms with E-state index in [-0.39, 0.29) is 11.7 Å². The Hall–Kier alpha value is -2.43. The van der Waals surface area contributed by atoms with Gasteiger partial charge in [-0.2, -0.15) is 0 Å². The normalized spacial score (nSPS) is 20.8. The number of aromatic hydroxyl groups is 1. The smallest absolute Gasteiger partial charge is 0.134 e. The van der Waals surface area contributed by atoms with Gasteiger partial charge < -0.3 is 10.0 Å². The van der Waals surface area contributed by atoms with Crippen LogP contribution in [-0.2, 0) is 12.8 Å². The third-order valence-corrected chi connectivity index (χ3v) is 6.94. The summed E-state index contributed by atoms with van der Waals surface area (Å²) < 4.78 is 27.8. The van der Waals surface area contributed by atoms with Crippen LogP contribution in [0.15, 0.2) is 48.5 Å². The molecule has 3 aromatic carbocycles. The predicted octanol–water partition coefficient (Wildman–Crippen LogP) is 5.93. The first-order valence-electron chi connectivity index (χ1n) is 10.2. The molecule has 1 aliphatic carbocycles. The van der Waals surface area contributed by atoms with Crippen molar-refractivity contribution in [3.8, 4) is 16.9 Å². The lowest BCUT2D eigenvalue weighted by Crippen LogP contribution is -2.39. The van der Waals surface area contributed by atoms with Gasteiger partial charge in [0, 0.05) is 24.6 Å². The number of hydrogen-bond donors (Lipinski definition) is 1. The second kappa shape index (κ2) is 7.36. The number of benzene rings is 3. The molecule has 1 heterocycles. The molecule has 0 saturated carbocycles. The Morgan fingerprint density at radius 3 is 2.53 bits per heavy atom. The summed E-state index contributed by atoms with van der Waals surface area (Å²) in [4.78, 5) is 2.38. The number of likely N-dealkylation sites (N-methyl/N-ethyl adjacent to an activating group) is 1. The second-order valence-corrected chi connectivity index (χ2v) is 8.76. The highest BCUT2D eigenvalue weighted by Crippen LogP contribution is 2.46. The van der Waals surface area contributed by atoms with E-state index in [4.69, 9.17) is 11.6 Å². The average molecular weight is 426 g/mol. The van der Waals surface area contributed by atoms with Crippen molar-refractivity contribution < 1.29 is 13.9 Å². The van der Waals surface area contributed by atoms with Crippen LogP contribution in [0.25, 0.3) is 11.1 Å². The molecular weight excluding hydrogens is 404 g/mol. The van der Waals surface area contributed by atoms with Crippen molar-refractivity contribution in [1.82, 2.24) is 4.90 Å². The van der Waals surface area contributed by atoms with Gasteiger partial charge in [-0.25, -0.2) is 8.78 Å². The minimum absolute atomic E-state index is 0.0674. The molecule has 30 heavy (non-hydrogen) atoms. The van der Waals surface area contributed by atoms with Crippen molar-refractivity contribution in [1.29, 1.82) is 0 Å². The van der Waals surface area contributed by atoms with Crippen LogP contribution in [0.1, 0.15) is 34.6 Å². The molecule has 0 aromatic heterocycles. The van der Waals surface area contributed by atoms with E-state index in [9.17, 15) is 13.9 Å². The van der Waals surface area contributed by atoms with Crippen LogP contribution in [0.5, 0.6) is 5.75 Å². The van der Waals surface area contributed by atoms with Gasteiger partial charge in [-0.05, 0) is 84.0 Å². The second-order valence-electron chi connectivity index (χ2n) is 8.35. The minimum atomic E-state index is -0.574. The van der Waals surface area contributed by atoms with Crippen LogP contribution >= 0.6 is 11.6 Å². The fraction of sp³-hybridized carbons (Fsp3) is 0.280. The van der Waals surface area contributed by atoms with Gasteiger partial charge in [0.15, 0.2) is 0 Å². The van der Waals surface area contributed by atoms with E-state index in [1.807, 2.05) is 18.2 Å². The van der Waals surface area contributed by atoms with Gasteiger partial charge in [-0.15, -0.1) is 0 Å². The summed E-state index contributed by atoms with van der Waals surface area (Å²) in [6.07, 6.45) is 2.64.